The fraction of sp³-hybridized carbons (Fsp3) is 0.241. The van der Waals surface area contributed by atoms with E-state index < -0.39 is 88.4 Å². The Balaban J connectivity index is 1.61. The van der Waals surface area contributed by atoms with Gasteiger partial charge >= 0.3 is 5.97 Å². The first-order valence-electron chi connectivity index (χ1n) is 12.8. The van der Waals surface area contributed by atoms with Crippen molar-refractivity contribution in [3.63, 3.8) is 0 Å². The van der Waals surface area contributed by atoms with E-state index in [-0.39, 0.29) is 34.5 Å². The number of phenols is 6. The summed E-state index contributed by atoms with van der Waals surface area (Å²) in [6, 6.07) is 8.73. The lowest BCUT2D eigenvalue weighted by atomic mass is 9.81. The van der Waals surface area contributed by atoms with Crippen molar-refractivity contribution in [2.45, 2.75) is 30.8 Å². The Morgan fingerprint density at radius 2 is 1.56 bits per heavy atom. The number of aliphatic hydroxyl groups is 3. The van der Waals surface area contributed by atoms with E-state index in [4.69, 9.17) is 13.9 Å². The monoisotopic (exact) mass is 598 g/mol. The van der Waals surface area contributed by atoms with Gasteiger partial charge in [0.2, 0.25) is 11.2 Å². The number of rotatable bonds is 6. The Morgan fingerprint density at radius 3 is 2.21 bits per heavy atom. The van der Waals surface area contributed by atoms with Gasteiger partial charge in [0.15, 0.2) is 40.6 Å². The molecular formula is C29H26O14. The van der Waals surface area contributed by atoms with E-state index in [2.05, 4.69) is 0 Å². The summed E-state index contributed by atoms with van der Waals surface area (Å²) in [5.41, 5.74) is -1.24. The number of esters is 1. The number of aromatic hydroxyl groups is 6. The number of hydrogen-bond acceptors (Lipinski definition) is 14. The summed E-state index contributed by atoms with van der Waals surface area (Å²) < 4.78 is 17.3. The zero-order valence-electron chi connectivity index (χ0n) is 22.0. The molecule has 9 N–H and O–H groups in total. The van der Waals surface area contributed by atoms with Crippen molar-refractivity contribution in [3.8, 4) is 51.6 Å². The molecule has 1 aliphatic rings. The number of aliphatic hydroxyl groups excluding tert-OH is 3. The molecule has 1 aromatic heterocycles. The molecule has 43 heavy (non-hydrogen) atoms. The molecule has 3 aromatic carbocycles. The molecule has 1 heterocycles. The highest BCUT2D eigenvalue weighted by Crippen LogP contribution is 2.40. The molecular weight excluding hydrogens is 572 g/mol. The van der Waals surface area contributed by atoms with Crippen LogP contribution >= 0.6 is 0 Å². The lowest BCUT2D eigenvalue weighted by Gasteiger charge is -2.41. The fourth-order valence-electron chi connectivity index (χ4n) is 4.90. The summed E-state index contributed by atoms with van der Waals surface area (Å²) in [6.45, 7) is -0.622. The van der Waals surface area contributed by atoms with Gasteiger partial charge in [-0.3, -0.25) is 4.79 Å². The zero-order chi connectivity index (χ0) is 31.2. The Hall–Kier alpha value is -5.18. The highest BCUT2D eigenvalue weighted by molar-refractivity contribution is 5.91. The molecule has 14 heteroatoms. The Labute approximate surface area is 241 Å². The van der Waals surface area contributed by atoms with Crippen molar-refractivity contribution < 1.29 is 64.6 Å². The second-order valence-electron chi connectivity index (χ2n) is 10.0. The van der Waals surface area contributed by atoms with Crippen molar-refractivity contribution >= 4 is 16.9 Å². The predicted molar refractivity (Wildman–Crippen MR) is 145 cm³/mol. The minimum atomic E-state index is -1.86. The van der Waals surface area contributed by atoms with Gasteiger partial charge in [0, 0.05) is 24.2 Å². The highest BCUT2D eigenvalue weighted by atomic mass is 16.6. The molecule has 4 aromatic rings. The molecule has 0 spiro atoms. The van der Waals surface area contributed by atoms with Crippen LogP contribution < -0.4 is 10.2 Å². The first kappa shape index (κ1) is 29.3. The van der Waals surface area contributed by atoms with E-state index in [0.29, 0.717) is 0 Å². The number of benzene rings is 3. The maximum atomic E-state index is 13.7. The quantitative estimate of drug-likeness (QED) is 0.112. The first-order chi connectivity index (χ1) is 20.4. The van der Waals surface area contributed by atoms with Crippen molar-refractivity contribution in [2.24, 2.45) is 5.92 Å². The summed E-state index contributed by atoms with van der Waals surface area (Å²) in [4.78, 5) is 26.7. The second-order valence-corrected chi connectivity index (χ2v) is 10.0. The van der Waals surface area contributed by atoms with Gasteiger partial charge < -0.3 is 59.8 Å². The molecule has 0 aliphatic heterocycles. The van der Waals surface area contributed by atoms with Crippen LogP contribution in [0.15, 0.2) is 57.7 Å². The van der Waals surface area contributed by atoms with Crippen molar-refractivity contribution in [2.75, 3.05) is 6.61 Å². The van der Waals surface area contributed by atoms with E-state index in [9.17, 15) is 55.5 Å². The van der Waals surface area contributed by atoms with Crippen LogP contribution in [0, 0.1) is 5.92 Å². The Kier molecular flexibility index (Phi) is 7.67. The summed E-state index contributed by atoms with van der Waals surface area (Å²) in [5.74, 6) is -6.82. The third-order valence-electron chi connectivity index (χ3n) is 7.20. The minimum Gasteiger partial charge on any atom is -0.508 e. The van der Waals surface area contributed by atoms with Gasteiger partial charge in [-0.05, 0) is 48.9 Å². The van der Waals surface area contributed by atoms with Crippen LogP contribution in [0.1, 0.15) is 16.8 Å². The van der Waals surface area contributed by atoms with Gasteiger partial charge in [0.1, 0.15) is 23.5 Å². The predicted octanol–water partition coefficient (Wildman–Crippen LogP) is 1.40. The average Bonchev–Trinajstić information content (AvgIpc) is 2.97. The maximum absolute atomic E-state index is 13.7. The normalized spacial score (nSPS) is 21.9. The highest BCUT2D eigenvalue weighted by Gasteiger charge is 2.47. The van der Waals surface area contributed by atoms with Gasteiger partial charge in [-0.2, -0.15) is 0 Å². The molecule has 5 atom stereocenters. The fourth-order valence-corrected chi connectivity index (χ4v) is 4.90. The summed E-state index contributed by atoms with van der Waals surface area (Å²) in [6.07, 6.45) is -6.83. The number of ether oxygens (including phenoxy) is 2. The number of fused-ring (bicyclic) bond motifs is 1. The molecule has 1 fully saturated rings. The lowest BCUT2D eigenvalue weighted by molar-refractivity contribution is -0.159. The van der Waals surface area contributed by atoms with Crippen molar-refractivity contribution in [3.05, 3.63) is 64.3 Å². The average molecular weight is 599 g/mol. The lowest BCUT2D eigenvalue weighted by Crippen LogP contribution is -2.57. The van der Waals surface area contributed by atoms with Crippen LogP contribution in [0.3, 0.4) is 0 Å². The summed E-state index contributed by atoms with van der Waals surface area (Å²) >= 11 is 0. The van der Waals surface area contributed by atoms with E-state index in [0.717, 1.165) is 24.3 Å². The molecule has 5 rings (SSSR count). The number of hydrogen-bond donors (Lipinski definition) is 9. The summed E-state index contributed by atoms with van der Waals surface area (Å²) in [7, 11) is 0. The molecule has 0 radical (unpaired) electrons. The molecule has 5 unspecified atom stereocenters. The van der Waals surface area contributed by atoms with Crippen molar-refractivity contribution in [1.29, 1.82) is 0 Å². The SMILES string of the molecule is O=C(OC1C(Oc2c(-c3ccc(O)c(O)c3)oc3cc(O)ccc3c2=O)CC(CO)C(O)C1O)c1cc(O)c(O)c(O)c1. The third kappa shape index (κ3) is 5.41. The molecule has 0 bridgehead atoms. The van der Waals surface area contributed by atoms with Gasteiger partial charge in [0.25, 0.3) is 0 Å². The topological polar surface area (TPSA) is 248 Å². The first-order valence-corrected chi connectivity index (χ1v) is 12.8. The van der Waals surface area contributed by atoms with E-state index in [1.54, 1.807) is 0 Å². The van der Waals surface area contributed by atoms with E-state index >= 15 is 0 Å². The van der Waals surface area contributed by atoms with Crippen LogP contribution in [0.5, 0.6) is 40.2 Å². The molecule has 0 amide bonds. The molecule has 0 saturated heterocycles. The van der Waals surface area contributed by atoms with Crippen LogP contribution in [0.2, 0.25) is 0 Å². The number of carbonyl (C=O) groups is 1. The second kappa shape index (κ2) is 11.2. The van der Waals surface area contributed by atoms with Crippen molar-refractivity contribution in [1.82, 2.24) is 0 Å². The van der Waals surface area contributed by atoms with E-state index in [1.807, 2.05) is 0 Å². The zero-order valence-corrected chi connectivity index (χ0v) is 22.0. The molecule has 1 saturated carbocycles. The minimum absolute atomic E-state index is 0.0433. The number of carbonyl (C=O) groups excluding carboxylic acids is 1. The largest absolute Gasteiger partial charge is 0.508 e. The maximum Gasteiger partial charge on any atom is 0.338 e. The van der Waals surface area contributed by atoms with Crippen LogP contribution in [0.4, 0.5) is 0 Å². The standard InChI is InChI=1S/C29H26O14/c30-10-13-8-21(27(25(39)22(13)36)43-29(40)12-6-18(34)24(38)19(35)7-12)42-28-23(37)15-3-2-14(31)9-20(15)41-26(28)11-1-4-16(32)17(33)5-11/h1-7,9,13,21-22,25,27,30-36,38-39H,8,10H2. The molecule has 226 valence electrons. The van der Waals surface area contributed by atoms with Gasteiger partial charge in [-0.15, -0.1) is 0 Å². The Morgan fingerprint density at radius 1 is 0.860 bits per heavy atom. The molecule has 1 aliphatic carbocycles. The molecule has 14 nitrogen and oxygen atoms in total. The van der Waals surface area contributed by atoms with Crippen LogP contribution in [-0.2, 0) is 4.74 Å². The van der Waals surface area contributed by atoms with E-state index in [1.165, 1.54) is 24.3 Å². The third-order valence-corrected chi connectivity index (χ3v) is 7.20. The van der Waals surface area contributed by atoms with Gasteiger partial charge in [0.05, 0.1) is 17.1 Å². The Bertz CT molecular complexity index is 1740. The summed E-state index contributed by atoms with van der Waals surface area (Å²) in [5, 5.41) is 90.3. The van der Waals surface area contributed by atoms with Crippen LogP contribution in [-0.4, -0.2) is 83.0 Å². The van der Waals surface area contributed by atoms with Gasteiger partial charge in [-0.1, -0.05) is 0 Å². The van der Waals surface area contributed by atoms with Crippen LogP contribution in [0.25, 0.3) is 22.3 Å². The van der Waals surface area contributed by atoms with Gasteiger partial charge in [-0.25, -0.2) is 4.79 Å². The smallest absolute Gasteiger partial charge is 0.338 e. The number of phenolic OH excluding ortho intramolecular Hbond substituents is 6.